The number of aromatic nitrogens is 2. The summed E-state index contributed by atoms with van der Waals surface area (Å²) >= 11 is 0. The number of ether oxygens (including phenoxy) is 3. The van der Waals surface area contributed by atoms with Crippen molar-refractivity contribution in [3.63, 3.8) is 0 Å². The summed E-state index contributed by atoms with van der Waals surface area (Å²) in [6, 6.07) is 19.5. The SMILES string of the molecule is C=CCO[C@@]12Oc3ccc(OCc4cccc(C)n4)cc3[C@H]3[C@H](CCCCO)[C@@H](CCCCO)C=C(C(=NOC(C)(C)C)C[C@@H]1N(C)S(=O)(=O)c1cccc4cccnc14)[C@H]32. The standard InChI is InChI=1S/C48H60N4O8S/c1-7-27-58-48-43(52(6)61(55,56)42-21-13-17-33-18-14-24-49-46(33)42)30-40(51-60-47(3,4)5)38-28-34(16-8-10-25-53)37(20-9-11-26-54)44(45(38)48)39-29-36(22-23-41(39)59-48)57-31-35-19-12-15-32(2)50-35/h7,12-15,17-19,21-24,28-29,34,37,43-45,53-54H,1,8-11,16,20,25-27,30-31H2,2-6H3/t34-,37+,43-,44+,45+,48+/m0/s1. The molecular formula is C48H60N4O8S. The van der Waals surface area contributed by atoms with Crippen LogP contribution in [0.5, 0.6) is 11.5 Å². The number of oxime groups is 1. The van der Waals surface area contributed by atoms with Crippen LogP contribution in [0.4, 0.5) is 0 Å². The molecule has 2 aromatic heterocycles. The van der Waals surface area contributed by atoms with Gasteiger partial charge >= 0.3 is 0 Å². The number of allylic oxidation sites excluding steroid dienone is 1. The highest BCUT2D eigenvalue weighted by molar-refractivity contribution is 7.89. The van der Waals surface area contributed by atoms with Gasteiger partial charge in [0, 0.05) is 55.4 Å². The van der Waals surface area contributed by atoms with Crippen LogP contribution in [0.15, 0.2) is 107 Å². The monoisotopic (exact) mass is 852 g/mol. The van der Waals surface area contributed by atoms with E-state index < -0.39 is 33.4 Å². The molecule has 2 aromatic carbocycles. The minimum atomic E-state index is -4.25. The highest BCUT2D eigenvalue weighted by atomic mass is 32.2. The molecule has 0 spiro atoms. The summed E-state index contributed by atoms with van der Waals surface area (Å²) in [6.07, 6.45) is 10.1. The van der Waals surface area contributed by atoms with Gasteiger partial charge in [-0.05, 0) is 113 Å². The van der Waals surface area contributed by atoms with Gasteiger partial charge in [-0.2, -0.15) is 4.31 Å². The molecule has 326 valence electrons. The zero-order valence-electron chi connectivity index (χ0n) is 36.0. The van der Waals surface area contributed by atoms with Crippen LogP contribution < -0.4 is 9.47 Å². The highest BCUT2D eigenvalue weighted by Crippen LogP contribution is 2.62. The first-order valence-electron chi connectivity index (χ1n) is 21.4. The molecule has 1 aliphatic heterocycles. The smallest absolute Gasteiger partial charge is 0.245 e. The van der Waals surface area contributed by atoms with E-state index in [0.717, 1.165) is 48.2 Å². The molecule has 2 aliphatic carbocycles. The zero-order chi connectivity index (χ0) is 43.4. The van der Waals surface area contributed by atoms with Crippen molar-refractivity contribution in [1.29, 1.82) is 0 Å². The number of aryl methyl sites for hydroxylation is 1. The summed E-state index contributed by atoms with van der Waals surface area (Å²) in [5, 5.41) is 25.4. The Balaban J connectivity index is 1.45. The molecule has 2 N–H and O–H groups in total. The number of nitrogens with zero attached hydrogens (tertiary/aromatic N) is 4. The molecule has 61 heavy (non-hydrogen) atoms. The van der Waals surface area contributed by atoms with Gasteiger partial charge in [-0.25, -0.2) is 8.42 Å². The first kappa shape index (κ1) is 44.4. The topological polar surface area (TPSA) is 153 Å². The number of unbranched alkanes of at least 4 members (excludes halogenated alkanes) is 2. The van der Waals surface area contributed by atoms with Gasteiger partial charge in [-0.15, -0.1) is 6.58 Å². The average molecular weight is 853 g/mol. The van der Waals surface area contributed by atoms with E-state index in [0.29, 0.717) is 41.0 Å². The minimum Gasteiger partial charge on any atom is -0.487 e. The molecule has 1 fully saturated rings. The van der Waals surface area contributed by atoms with Crippen molar-refractivity contribution < 1.29 is 37.7 Å². The normalized spacial score (nSPS) is 24.2. The van der Waals surface area contributed by atoms with Crippen molar-refractivity contribution in [3.05, 3.63) is 114 Å². The lowest BCUT2D eigenvalue weighted by Crippen LogP contribution is -2.69. The Labute approximate surface area is 360 Å². The van der Waals surface area contributed by atoms with Crippen molar-refractivity contribution in [2.45, 2.75) is 107 Å². The Bertz CT molecular complexity index is 2360. The number of likely N-dealkylation sites (N-methyl/N-ethyl adjacent to an activating group) is 1. The van der Waals surface area contributed by atoms with E-state index in [-0.39, 0.29) is 55.5 Å². The molecule has 0 amide bonds. The Morgan fingerprint density at radius 2 is 1.77 bits per heavy atom. The van der Waals surface area contributed by atoms with Gasteiger partial charge in [0.2, 0.25) is 15.8 Å². The summed E-state index contributed by atoms with van der Waals surface area (Å²) in [4.78, 5) is 15.4. The Kier molecular flexibility index (Phi) is 13.7. The van der Waals surface area contributed by atoms with Crippen LogP contribution in [0.2, 0.25) is 0 Å². The molecule has 0 radical (unpaired) electrons. The molecule has 3 aliphatic rings. The van der Waals surface area contributed by atoms with Gasteiger partial charge in [0.15, 0.2) is 0 Å². The Hall–Kier alpha value is -4.66. The van der Waals surface area contributed by atoms with Gasteiger partial charge in [-0.1, -0.05) is 54.4 Å². The predicted molar refractivity (Wildman–Crippen MR) is 236 cm³/mol. The van der Waals surface area contributed by atoms with E-state index in [1.807, 2.05) is 76.2 Å². The molecule has 4 aromatic rings. The summed E-state index contributed by atoms with van der Waals surface area (Å²) in [7, 11) is -2.67. The average Bonchev–Trinajstić information content (AvgIpc) is 3.24. The molecule has 0 unspecified atom stereocenters. The summed E-state index contributed by atoms with van der Waals surface area (Å²) in [5.74, 6) is -1.12. The predicted octanol–water partition coefficient (Wildman–Crippen LogP) is 8.27. The van der Waals surface area contributed by atoms with Crippen molar-refractivity contribution in [1.82, 2.24) is 14.3 Å². The van der Waals surface area contributed by atoms with E-state index in [9.17, 15) is 10.2 Å². The number of aliphatic hydroxyl groups excluding tert-OH is 2. The van der Waals surface area contributed by atoms with E-state index in [1.54, 1.807) is 37.5 Å². The van der Waals surface area contributed by atoms with Crippen LogP contribution in [-0.2, 0) is 26.2 Å². The van der Waals surface area contributed by atoms with Crippen molar-refractivity contribution in [3.8, 4) is 11.5 Å². The number of hydrogen-bond acceptors (Lipinski definition) is 11. The van der Waals surface area contributed by atoms with Crippen LogP contribution in [0.3, 0.4) is 0 Å². The number of rotatable bonds is 18. The van der Waals surface area contributed by atoms with Crippen molar-refractivity contribution in [2.75, 3.05) is 26.9 Å². The summed E-state index contributed by atoms with van der Waals surface area (Å²) < 4.78 is 52.4. The lowest BCUT2D eigenvalue weighted by Gasteiger charge is -2.59. The fourth-order valence-corrected chi connectivity index (χ4v) is 11.0. The van der Waals surface area contributed by atoms with Crippen LogP contribution in [0, 0.1) is 24.7 Å². The van der Waals surface area contributed by atoms with Crippen LogP contribution in [-0.4, -0.2) is 82.9 Å². The number of para-hydroxylation sites is 1. The second-order valence-corrected chi connectivity index (χ2v) is 19.4. The van der Waals surface area contributed by atoms with E-state index in [4.69, 9.17) is 24.2 Å². The van der Waals surface area contributed by atoms with Gasteiger partial charge in [-0.3, -0.25) is 9.97 Å². The quantitative estimate of drug-likeness (QED) is 0.0569. The second kappa shape index (κ2) is 18.8. The maximum Gasteiger partial charge on any atom is 0.245 e. The van der Waals surface area contributed by atoms with Gasteiger partial charge in [0.25, 0.3) is 0 Å². The van der Waals surface area contributed by atoms with Crippen LogP contribution >= 0.6 is 0 Å². The number of pyridine rings is 2. The number of hydrogen-bond donors (Lipinski definition) is 2. The fraction of sp³-hybridized carbons (Fsp3) is 0.479. The third-order valence-electron chi connectivity index (χ3n) is 12.1. The van der Waals surface area contributed by atoms with Gasteiger partial charge < -0.3 is 29.3 Å². The first-order chi connectivity index (χ1) is 29.3. The molecule has 13 heteroatoms. The summed E-state index contributed by atoms with van der Waals surface area (Å²) in [5.41, 5.74) is 3.87. The third kappa shape index (κ3) is 9.27. The molecule has 6 atom stereocenters. The number of aliphatic hydroxyl groups is 2. The molecular weight excluding hydrogens is 793 g/mol. The number of sulfonamides is 1. The first-order valence-corrected chi connectivity index (χ1v) is 22.9. The fourth-order valence-electron chi connectivity index (χ4n) is 9.43. The highest BCUT2D eigenvalue weighted by Gasteiger charge is 2.65. The second-order valence-electron chi connectivity index (χ2n) is 17.4. The Morgan fingerprint density at radius 3 is 2.51 bits per heavy atom. The summed E-state index contributed by atoms with van der Waals surface area (Å²) in [6.45, 7) is 12.3. The molecule has 3 heterocycles. The maximum absolute atomic E-state index is 15.1. The Morgan fingerprint density at radius 1 is 1.02 bits per heavy atom. The number of fused-ring (bicyclic) bond motifs is 3. The molecule has 0 bridgehead atoms. The molecule has 7 rings (SSSR count). The van der Waals surface area contributed by atoms with Gasteiger partial charge in [0.05, 0.1) is 35.5 Å². The third-order valence-corrected chi connectivity index (χ3v) is 14.0. The van der Waals surface area contributed by atoms with E-state index in [2.05, 4.69) is 22.6 Å². The molecule has 1 saturated carbocycles. The van der Waals surface area contributed by atoms with Crippen LogP contribution in [0.25, 0.3) is 10.9 Å². The molecule has 0 saturated heterocycles. The maximum atomic E-state index is 15.1. The largest absolute Gasteiger partial charge is 0.487 e. The number of benzene rings is 2. The lowest BCUT2D eigenvalue weighted by atomic mass is 9.55. The van der Waals surface area contributed by atoms with Crippen LogP contribution in [0.1, 0.15) is 88.6 Å². The lowest BCUT2D eigenvalue weighted by molar-refractivity contribution is -0.250. The van der Waals surface area contributed by atoms with Gasteiger partial charge in [0.1, 0.15) is 28.6 Å². The molecule has 12 nitrogen and oxygen atoms in total. The van der Waals surface area contributed by atoms with Crippen molar-refractivity contribution >= 4 is 26.6 Å². The van der Waals surface area contributed by atoms with Crippen molar-refractivity contribution in [2.24, 2.45) is 22.9 Å². The van der Waals surface area contributed by atoms with E-state index >= 15 is 8.42 Å². The minimum absolute atomic E-state index is 0.00903. The van der Waals surface area contributed by atoms with E-state index in [1.165, 1.54) is 4.31 Å². The zero-order valence-corrected chi connectivity index (χ0v) is 36.8.